The molecule has 82 heavy (non-hydrogen) atoms. The van der Waals surface area contributed by atoms with E-state index in [1.54, 1.807) is 44.2 Å². The normalized spacial score (nSPS) is 14.8. The maximum absolute atomic E-state index is 14.5. The van der Waals surface area contributed by atoms with E-state index in [-0.39, 0.29) is 44.1 Å². The fourth-order valence-electron chi connectivity index (χ4n) is 8.16. The molecule has 0 radical (unpaired) electrons. The van der Waals surface area contributed by atoms with E-state index in [1.165, 1.54) is 13.8 Å². The van der Waals surface area contributed by atoms with Gasteiger partial charge in [-0.1, -0.05) is 84.7 Å². The third-order valence-corrected chi connectivity index (χ3v) is 13.0. The molecular formula is C53H88N14O15. The second-order valence-corrected chi connectivity index (χ2v) is 20.8. The summed E-state index contributed by atoms with van der Waals surface area (Å²) in [5.74, 6) is -14.4. The molecule has 0 aliphatic carbocycles. The van der Waals surface area contributed by atoms with Crippen molar-refractivity contribution in [2.45, 2.75) is 186 Å². The van der Waals surface area contributed by atoms with Crippen molar-refractivity contribution in [2.24, 2.45) is 51.4 Å². The predicted molar refractivity (Wildman–Crippen MR) is 300 cm³/mol. The van der Waals surface area contributed by atoms with Gasteiger partial charge in [0.2, 0.25) is 53.2 Å². The van der Waals surface area contributed by atoms with Crippen molar-refractivity contribution in [1.29, 1.82) is 0 Å². The van der Waals surface area contributed by atoms with E-state index in [0.29, 0.717) is 37.8 Å². The second kappa shape index (κ2) is 37.9. The number of unbranched alkanes of at least 4 members (excludes halogenated alkanes) is 1. The fraction of sp³-hybridized carbons (Fsp3) is 0.642. The first-order valence-corrected chi connectivity index (χ1v) is 27.4. The van der Waals surface area contributed by atoms with Crippen LogP contribution in [0.3, 0.4) is 0 Å². The number of guanidine groups is 1. The summed E-state index contributed by atoms with van der Waals surface area (Å²) in [6, 6.07) is -4.38. The number of benzene rings is 1. The quantitative estimate of drug-likeness (QED) is 0.0182. The van der Waals surface area contributed by atoms with Crippen LogP contribution < -0.4 is 71.2 Å². The molecule has 9 amide bonds. The molecule has 0 spiro atoms. The van der Waals surface area contributed by atoms with Crippen LogP contribution in [0.1, 0.15) is 131 Å². The van der Waals surface area contributed by atoms with Gasteiger partial charge in [-0.15, -0.1) is 0 Å². The number of amides is 9. The number of hydrogen-bond donors (Lipinski definition) is 16. The second-order valence-electron chi connectivity index (χ2n) is 20.8. The SMILES string of the molecule is CC[C@H](C)[C@H](NC(=O)[C@H](Cc1ccccc1)NC(=O)[C@H](CC(C)C)NC(=O)[C@@H](N)CCCCN)C(=O)N[C@@H](CCCN=C(N)N)C(=O)N[C@@H](CCC(N)=O)C(=O)N[C@@H](CCC(=O)O)C(=O)N[C@@H](CCC(=O)O)C(=O)N[C@H](C(=O)O)C(C)C. The Morgan fingerprint density at radius 2 is 0.951 bits per heavy atom. The molecule has 0 saturated heterocycles. The molecule has 1 aromatic carbocycles. The van der Waals surface area contributed by atoms with E-state index in [1.807, 2.05) is 13.8 Å². The molecule has 0 saturated carbocycles. The van der Waals surface area contributed by atoms with Crippen LogP contribution >= 0.6 is 0 Å². The van der Waals surface area contributed by atoms with Crippen molar-refractivity contribution in [3.63, 3.8) is 0 Å². The van der Waals surface area contributed by atoms with Crippen LogP contribution in [0.2, 0.25) is 0 Å². The molecule has 29 nitrogen and oxygen atoms in total. The van der Waals surface area contributed by atoms with E-state index < -0.39 is 176 Å². The summed E-state index contributed by atoms with van der Waals surface area (Å²) in [4.78, 5) is 163. The number of nitrogens with two attached hydrogens (primary N) is 5. The molecule has 0 unspecified atom stereocenters. The fourth-order valence-corrected chi connectivity index (χ4v) is 8.16. The summed E-state index contributed by atoms with van der Waals surface area (Å²) >= 11 is 0. The van der Waals surface area contributed by atoms with Gasteiger partial charge in [0.15, 0.2) is 5.96 Å². The average molecular weight is 1160 g/mol. The number of nitrogens with zero attached hydrogens (tertiary/aromatic N) is 1. The molecule has 0 bridgehead atoms. The van der Waals surface area contributed by atoms with Gasteiger partial charge in [0, 0.05) is 32.2 Å². The van der Waals surface area contributed by atoms with E-state index in [9.17, 15) is 72.9 Å². The summed E-state index contributed by atoms with van der Waals surface area (Å²) in [6.07, 6.45) is -1.94. The Morgan fingerprint density at radius 3 is 1.40 bits per heavy atom. The zero-order chi connectivity index (χ0) is 62.2. The molecule has 0 aromatic heterocycles. The van der Waals surface area contributed by atoms with Gasteiger partial charge in [-0.3, -0.25) is 57.7 Å². The number of carboxylic acids is 3. The highest BCUT2D eigenvalue weighted by molar-refractivity contribution is 5.98. The number of hydrogen-bond acceptors (Lipinski definition) is 15. The molecule has 0 aliphatic rings. The first-order valence-electron chi connectivity index (χ1n) is 27.4. The number of carbonyl (C=O) groups excluding carboxylic acids is 9. The van der Waals surface area contributed by atoms with E-state index in [2.05, 4.69) is 47.5 Å². The Morgan fingerprint density at radius 1 is 0.512 bits per heavy atom. The van der Waals surface area contributed by atoms with Gasteiger partial charge in [0.05, 0.1) is 6.04 Å². The van der Waals surface area contributed by atoms with E-state index in [4.69, 9.17) is 28.7 Å². The van der Waals surface area contributed by atoms with Crippen molar-refractivity contribution >= 4 is 77.0 Å². The lowest BCUT2D eigenvalue weighted by Crippen LogP contribution is -2.61. The van der Waals surface area contributed by atoms with Crippen LogP contribution in [-0.4, -0.2) is 160 Å². The standard InChI is InChI=1S/C53H88N14O15/c1-7-30(6)43(67-50(79)38(27-31-14-9-8-10-15-31)65-49(78)37(26-28(2)3)64-44(73)32(55)16-11-12-24-54)51(80)63-33(17-13-25-59-53(57)58)45(74)60-34(18-21-39(56)68)46(75)61-35(19-22-40(69)70)47(76)62-36(20-23-41(71)72)48(77)66-42(29(4)5)52(81)82/h8-10,14-15,28-30,32-38,42-43H,7,11-13,16-27,54-55H2,1-6H3,(H2,56,68)(H,60,74)(H,61,75)(H,62,76)(H,63,80)(H,64,73)(H,65,78)(H,66,77)(H,67,79)(H,69,70)(H,71,72)(H,81,82)(H4,57,58,59)/t30-,32-,33-,34-,35-,36-,37-,38-,42-,43-/m0/s1. The number of aliphatic carboxylic acids is 3. The van der Waals surface area contributed by atoms with Crippen molar-refractivity contribution < 1.29 is 72.9 Å². The van der Waals surface area contributed by atoms with Crippen molar-refractivity contribution in [1.82, 2.24) is 42.5 Å². The largest absolute Gasteiger partial charge is 0.481 e. The van der Waals surface area contributed by atoms with E-state index >= 15 is 0 Å². The van der Waals surface area contributed by atoms with Gasteiger partial charge in [0.1, 0.15) is 48.3 Å². The molecule has 0 heterocycles. The Kier molecular flexibility index (Phi) is 33.3. The van der Waals surface area contributed by atoms with Crippen LogP contribution in [-0.2, 0) is 64.0 Å². The van der Waals surface area contributed by atoms with Gasteiger partial charge in [0.25, 0.3) is 0 Å². The summed E-state index contributed by atoms with van der Waals surface area (Å²) in [6.45, 7) is 10.4. The number of carbonyl (C=O) groups is 12. The minimum Gasteiger partial charge on any atom is -0.481 e. The molecule has 0 fully saturated rings. The zero-order valence-electron chi connectivity index (χ0n) is 47.7. The number of rotatable bonds is 41. The third-order valence-electron chi connectivity index (χ3n) is 13.0. The molecule has 1 aromatic rings. The molecule has 0 aliphatic heterocycles. The summed E-state index contributed by atoms with van der Waals surface area (Å²) < 4.78 is 0. The number of nitrogens with one attached hydrogen (secondary N) is 8. The van der Waals surface area contributed by atoms with Gasteiger partial charge in [-0.05, 0) is 81.2 Å². The number of primary amides is 1. The minimum atomic E-state index is -1.81. The predicted octanol–water partition coefficient (Wildman–Crippen LogP) is -2.55. The summed E-state index contributed by atoms with van der Waals surface area (Å²) in [7, 11) is 0. The van der Waals surface area contributed by atoms with Gasteiger partial charge >= 0.3 is 17.9 Å². The van der Waals surface area contributed by atoms with Gasteiger partial charge in [-0.25, -0.2) is 4.79 Å². The molecule has 460 valence electrons. The minimum absolute atomic E-state index is 0.0328. The first kappa shape index (κ1) is 72.1. The van der Waals surface area contributed by atoms with Crippen LogP contribution in [0, 0.1) is 17.8 Å². The Balaban J connectivity index is 3.73. The van der Waals surface area contributed by atoms with Crippen LogP contribution in [0.25, 0.3) is 0 Å². The summed E-state index contributed by atoms with van der Waals surface area (Å²) in [5.41, 5.74) is 28.8. The molecule has 10 atom stereocenters. The Bertz CT molecular complexity index is 2340. The van der Waals surface area contributed by atoms with E-state index in [0.717, 1.165) is 0 Å². The molecule has 21 N–H and O–H groups in total. The van der Waals surface area contributed by atoms with Crippen molar-refractivity contribution in [3.05, 3.63) is 35.9 Å². The van der Waals surface area contributed by atoms with Crippen molar-refractivity contribution in [3.8, 4) is 0 Å². The van der Waals surface area contributed by atoms with Crippen molar-refractivity contribution in [2.75, 3.05) is 13.1 Å². The highest BCUT2D eigenvalue weighted by atomic mass is 16.4. The topological polar surface area (TPSA) is 504 Å². The first-order chi connectivity index (χ1) is 38.5. The Labute approximate surface area is 477 Å². The lowest BCUT2D eigenvalue weighted by Gasteiger charge is -2.30. The smallest absolute Gasteiger partial charge is 0.326 e. The maximum Gasteiger partial charge on any atom is 0.326 e. The lowest BCUT2D eigenvalue weighted by molar-refractivity contribution is -0.144. The molecule has 1 rings (SSSR count). The third kappa shape index (κ3) is 28.5. The molecular weight excluding hydrogens is 1070 g/mol. The molecule has 29 heteroatoms. The highest BCUT2D eigenvalue weighted by Gasteiger charge is 2.37. The van der Waals surface area contributed by atoms with Crippen LogP contribution in [0.5, 0.6) is 0 Å². The van der Waals surface area contributed by atoms with Crippen LogP contribution in [0.15, 0.2) is 35.3 Å². The zero-order valence-corrected chi connectivity index (χ0v) is 47.7. The Hall–Kier alpha value is -7.95. The maximum atomic E-state index is 14.5. The van der Waals surface area contributed by atoms with Gasteiger partial charge < -0.3 is 86.5 Å². The monoisotopic (exact) mass is 1160 g/mol. The average Bonchev–Trinajstić information content (AvgIpc) is 3.40. The number of aliphatic imine (C=N–C) groups is 1. The van der Waals surface area contributed by atoms with Crippen LogP contribution in [0.4, 0.5) is 0 Å². The lowest BCUT2D eigenvalue weighted by atomic mass is 9.96. The number of carboxylic acid groups (broad SMARTS) is 3. The van der Waals surface area contributed by atoms with Gasteiger partial charge in [-0.2, -0.15) is 0 Å². The summed E-state index contributed by atoms with van der Waals surface area (Å²) in [5, 5.41) is 48.7. The highest BCUT2D eigenvalue weighted by Crippen LogP contribution is 2.15.